The number of carbonyl (C=O) groups is 2. The fourth-order valence-corrected chi connectivity index (χ4v) is 0. The maximum atomic E-state index is 8.93. The van der Waals surface area contributed by atoms with E-state index in [0.29, 0.717) is 0 Å². The van der Waals surface area contributed by atoms with Crippen LogP contribution in [0.5, 0.6) is 0 Å². The molecule has 0 aromatic rings. The number of quaternary nitrogens is 1. The van der Waals surface area contributed by atoms with Crippen LogP contribution < -0.4 is 16.4 Å². The molecule has 0 saturated carbocycles. The normalized spacial score (nSPS) is 5.50. The van der Waals surface area contributed by atoms with Crippen molar-refractivity contribution in [3.63, 3.8) is 0 Å². The number of hydrogen-bond acceptors (Lipinski definition) is 4. The summed E-state index contributed by atoms with van der Waals surface area (Å²) in [7, 11) is 0. The third-order valence-electron chi connectivity index (χ3n) is 0.167. The summed E-state index contributed by atoms with van der Waals surface area (Å²) in [4.78, 5) is 17.9. The second-order valence-corrected chi connectivity index (χ2v) is 0.575. The Labute approximate surface area is 57.2 Å². The van der Waals surface area contributed by atoms with Crippen molar-refractivity contribution < 1.29 is 38.4 Å². The van der Waals surface area contributed by atoms with Crippen molar-refractivity contribution in [2.75, 3.05) is 0 Å². The Morgan fingerprint density at radius 1 is 1.00 bits per heavy atom. The van der Waals surface area contributed by atoms with Crippen LogP contribution in [0.15, 0.2) is 0 Å². The van der Waals surface area contributed by atoms with Gasteiger partial charge in [0.05, 0.1) is 11.9 Å². The van der Waals surface area contributed by atoms with Crippen LogP contribution in [0.2, 0.25) is 0 Å². The van der Waals surface area contributed by atoms with Crippen LogP contribution >= 0.6 is 0 Å². The van der Waals surface area contributed by atoms with Crippen LogP contribution in [0.3, 0.4) is 0 Å². The molecule has 0 aliphatic heterocycles. The second-order valence-electron chi connectivity index (χ2n) is 0.575. The second kappa shape index (κ2) is 6.48. The first kappa shape index (κ1) is 15.6. The van der Waals surface area contributed by atoms with E-state index in [0.717, 1.165) is 0 Å². The minimum Gasteiger partial charge on any atom is -0.543 e. The molecular formula is C2H4NO4V+. The number of carboxylic acid groups (broad SMARTS) is 2. The monoisotopic (exact) mass is 157 g/mol. The topological polar surface area (TPSA) is 117 Å². The van der Waals surface area contributed by atoms with Gasteiger partial charge in [0.1, 0.15) is 0 Å². The largest absolute Gasteiger partial charge is 2.00 e. The van der Waals surface area contributed by atoms with E-state index < -0.39 is 11.9 Å². The molecule has 0 aromatic heterocycles. The SMILES string of the molecule is O=C([O-])C(=O)[O-].[NH4+].[V+2]. The minimum atomic E-state index is -2.19. The molecule has 0 atom stereocenters. The molecule has 0 aromatic carbocycles. The summed E-state index contributed by atoms with van der Waals surface area (Å²) in [6, 6.07) is 0. The number of rotatable bonds is 0. The van der Waals surface area contributed by atoms with Crippen LogP contribution in [0.25, 0.3) is 0 Å². The Kier molecular flexibility index (Phi) is 12.7. The van der Waals surface area contributed by atoms with E-state index in [1.807, 2.05) is 0 Å². The van der Waals surface area contributed by atoms with Crippen molar-refractivity contribution in [2.24, 2.45) is 0 Å². The van der Waals surface area contributed by atoms with Crippen molar-refractivity contribution in [1.82, 2.24) is 6.15 Å². The molecule has 0 aliphatic rings. The van der Waals surface area contributed by atoms with E-state index in [1.54, 1.807) is 0 Å². The molecule has 0 fully saturated rings. The molecule has 0 amide bonds. The fourth-order valence-electron chi connectivity index (χ4n) is 0. The first-order chi connectivity index (χ1) is 2.64. The molecule has 0 aliphatic carbocycles. The van der Waals surface area contributed by atoms with Gasteiger partial charge in [-0.1, -0.05) is 0 Å². The van der Waals surface area contributed by atoms with Gasteiger partial charge in [-0.3, -0.25) is 0 Å². The smallest absolute Gasteiger partial charge is 0.543 e. The third-order valence-corrected chi connectivity index (χ3v) is 0.167. The van der Waals surface area contributed by atoms with Crippen molar-refractivity contribution in [1.29, 1.82) is 0 Å². The maximum absolute atomic E-state index is 8.93. The van der Waals surface area contributed by atoms with Gasteiger partial charge >= 0.3 is 18.6 Å². The Morgan fingerprint density at radius 2 is 1.12 bits per heavy atom. The van der Waals surface area contributed by atoms with Crippen molar-refractivity contribution >= 4 is 11.9 Å². The molecule has 6 heteroatoms. The van der Waals surface area contributed by atoms with E-state index in [2.05, 4.69) is 0 Å². The average molecular weight is 157 g/mol. The summed E-state index contributed by atoms with van der Waals surface area (Å²) in [5.41, 5.74) is 0. The van der Waals surface area contributed by atoms with E-state index >= 15 is 0 Å². The molecule has 4 N–H and O–H groups in total. The third kappa shape index (κ3) is 9.08. The van der Waals surface area contributed by atoms with Gasteiger partial charge in [0, 0.05) is 0 Å². The van der Waals surface area contributed by atoms with Crippen LogP contribution in [0.1, 0.15) is 0 Å². The summed E-state index contributed by atoms with van der Waals surface area (Å²) >= 11 is 0. The predicted molar refractivity (Wildman–Crippen MR) is 16.0 cm³/mol. The number of hydrogen-bond donors (Lipinski definition) is 1. The zero-order valence-electron chi connectivity index (χ0n) is 4.08. The Hall–Kier alpha value is -0.516. The Morgan fingerprint density at radius 3 is 1.12 bits per heavy atom. The molecule has 5 nitrogen and oxygen atoms in total. The molecular weight excluding hydrogens is 153 g/mol. The van der Waals surface area contributed by atoms with Crippen LogP contribution in [0, 0.1) is 0 Å². The quantitative estimate of drug-likeness (QED) is 0.374. The molecule has 0 bridgehead atoms. The first-order valence-corrected chi connectivity index (χ1v) is 1.07. The van der Waals surface area contributed by atoms with Gasteiger partial charge in [-0.05, 0) is 0 Å². The van der Waals surface area contributed by atoms with Gasteiger partial charge in [0.25, 0.3) is 0 Å². The fraction of sp³-hybridized carbons (Fsp3) is 0. The molecule has 0 saturated heterocycles. The number of carbonyl (C=O) groups excluding carboxylic acids is 2. The summed E-state index contributed by atoms with van der Waals surface area (Å²) in [5, 5.41) is 17.9. The van der Waals surface area contributed by atoms with Gasteiger partial charge in [-0.2, -0.15) is 0 Å². The molecule has 1 radical (unpaired) electrons. The van der Waals surface area contributed by atoms with Gasteiger partial charge < -0.3 is 26.0 Å². The molecule has 0 heterocycles. The molecule has 8 heavy (non-hydrogen) atoms. The van der Waals surface area contributed by atoms with Crippen molar-refractivity contribution in [3.8, 4) is 0 Å². The number of carboxylic acids is 2. The zero-order valence-corrected chi connectivity index (χ0v) is 5.48. The Bertz CT molecular complexity index is 80.0. The molecule has 0 unspecified atom stereocenters. The van der Waals surface area contributed by atoms with Gasteiger partial charge in [-0.25, -0.2) is 0 Å². The Balaban J connectivity index is -0.000000125. The predicted octanol–water partition coefficient (Wildman–Crippen LogP) is -3.14. The summed E-state index contributed by atoms with van der Waals surface area (Å²) in [6.45, 7) is 0. The molecule has 45 valence electrons. The maximum Gasteiger partial charge on any atom is 2.00 e. The van der Waals surface area contributed by atoms with E-state index in [-0.39, 0.29) is 24.7 Å². The van der Waals surface area contributed by atoms with Crippen LogP contribution in [-0.2, 0) is 28.1 Å². The standard InChI is InChI=1S/C2H2O4.H3N.V/c3-1(4)2(5)6;;/h(H,3,4)(H,5,6);1H3;/q;;+2/p-1. The van der Waals surface area contributed by atoms with Crippen LogP contribution in [-0.4, -0.2) is 11.9 Å². The molecule has 0 spiro atoms. The zero-order chi connectivity index (χ0) is 5.15. The minimum absolute atomic E-state index is 0. The number of aliphatic carboxylic acids is 2. The average Bonchev–Trinajstić information content (AvgIpc) is 1.36. The van der Waals surface area contributed by atoms with Gasteiger partial charge in [0.15, 0.2) is 0 Å². The van der Waals surface area contributed by atoms with Gasteiger partial charge in [0.2, 0.25) is 0 Å². The summed E-state index contributed by atoms with van der Waals surface area (Å²) < 4.78 is 0. The van der Waals surface area contributed by atoms with E-state index in [1.165, 1.54) is 0 Å². The van der Waals surface area contributed by atoms with Gasteiger partial charge in [-0.15, -0.1) is 0 Å². The van der Waals surface area contributed by atoms with E-state index in [4.69, 9.17) is 19.8 Å². The van der Waals surface area contributed by atoms with E-state index in [9.17, 15) is 0 Å². The van der Waals surface area contributed by atoms with Crippen LogP contribution in [0.4, 0.5) is 0 Å². The first-order valence-electron chi connectivity index (χ1n) is 1.07. The summed E-state index contributed by atoms with van der Waals surface area (Å²) in [6.07, 6.45) is 0. The molecule has 0 rings (SSSR count). The van der Waals surface area contributed by atoms with Crippen molar-refractivity contribution in [3.05, 3.63) is 0 Å². The summed E-state index contributed by atoms with van der Waals surface area (Å²) in [5.74, 6) is -4.37. The van der Waals surface area contributed by atoms with Crippen molar-refractivity contribution in [2.45, 2.75) is 0 Å².